The molecule has 110 valence electrons. The van der Waals surface area contributed by atoms with Crippen LogP contribution in [0.5, 0.6) is 0 Å². The van der Waals surface area contributed by atoms with Crippen LogP contribution < -0.4 is 0 Å². The van der Waals surface area contributed by atoms with Crippen LogP contribution in [0, 0.1) is 0 Å². The maximum Gasteiger partial charge on any atom is 0.328 e. The molecule has 1 atom stereocenters. The first kappa shape index (κ1) is 16.2. The molecule has 0 bridgehead atoms. The zero-order valence-electron chi connectivity index (χ0n) is 12.5. The third-order valence-electron chi connectivity index (χ3n) is 3.28. The quantitative estimate of drug-likeness (QED) is 0.719. The predicted octanol–water partition coefficient (Wildman–Crippen LogP) is 2.42. The molecule has 1 rings (SSSR count). The summed E-state index contributed by atoms with van der Waals surface area (Å²) in [6.45, 7) is 4.14. The maximum absolute atomic E-state index is 12.0. The lowest BCUT2D eigenvalue weighted by molar-refractivity contribution is -0.152. The Morgan fingerprint density at radius 3 is 2.40 bits per heavy atom. The number of hydrogen-bond donors (Lipinski definition) is 0. The van der Waals surface area contributed by atoms with Gasteiger partial charge >= 0.3 is 5.97 Å². The predicted molar refractivity (Wildman–Crippen MR) is 78.2 cm³/mol. The minimum Gasteiger partial charge on any atom is -0.467 e. The zero-order valence-corrected chi connectivity index (χ0v) is 12.5. The number of carbonyl (C=O) groups excluding carboxylic acids is 2. The summed E-state index contributed by atoms with van der Waals surface area (Å²) in [5, 5.41) is 0. The van der Waals surface area contributed by atoms with Crippen molar-refractivity contribution in [3.63, 3.8) is 0 Å². The van der Waals surface area contributed by atoms with E-state index in [0.717, 1.165) is 18.4 Å². The monoisotopic (exact) mass is 277 g/mol. The lowest BCUT2D eigenvalue weighted by Gasteiger charge is -2.29. The highest BCUT2D eigenvalue weighted by atomic mass is 16.5. The number of ether oxygens (including phenoxy) is 1. The Kier molecular flexibility index (Phi) is 6.77. The second-order valence-corrected chi connectivity index (χ2v) is 4.79. The Hall–Kier alpha value is -1.84. The standard InChI is InChI=1S/C16H23NO3/c1-4-5-11-17(13(2)18)15(16(19)20-3)12-14-9-7-6-8-10-14/h6-10,15H,4-5,11-12H2,1-3H3. The third-order valence-corrected chi connectivity index (χ3v) is 3.28. The normalized spacial score (nSPS) is 11.8. The largest absolute Gasteiger partial charge is 0.467 e. The molecule has 4 nitrogen and oxygen atoms in total. The number of esters is 1. The van der Waals surface area contributed by atoms with Gasteiger partial charge in [0.15, 0.2) is 0 Å². The first-order valence-corrected chi connectivity index (χ1v) is 6.99. The van der Waals surface area contributed by atoms with Gasteiger partial charge in [-0.2, -0.15) is 0 Å². The first-order valence-electron chi connectivity index (χ1n) is 6.99. The van der Waals surface area contributed by atoms with Crippen LogP contribution in [0.4, 0.5) is 0 Å². The van der Waals surface area contributed by atoms with E-state index in [4.69, 9.17) is 4.74 Å². The van der Waals surface area contributed by atoms with Crippen molar-refractivity contribution in [1.82, 2.24) is 4.90 Å². The zero-order chi connectivity index (χ0) is 15.0. The molecular weight excluding hydrogens is 254 g/mol. The maximum atomic E-state index is 12.0. The van der Waals surface area contributed by atoms with Gasteiger partial charge in [0.05, 0.1) is 7.11 Å². The highest BCUT2D eigenvalue weighted by molar-refractivity contribution is 5.83. The average Bonchev–Trinajstić information content (AvgIpc) is 2.46. The van der Waals surface area contributed by atoms with E-state index in [0.29, 0.717) is 13.0 Å². The highest BCUT2D eigenvalue weighted by Crippen LogP contribution is 2.12. The lowest BCUT2D eigenvalue weighted by atomic mass is 10.0. The van der Waals surface area contributed by atoms with E-state index in [1.165, 1.54) is 14.0 Å². The molecule has 0 spiro atoms. The van der Waals surface area contributed by atoms with Gasteiger partial charge in [-0.1, -0.05) is 43.7 Å². The van der Waals surface area contributed by atoms with Gasteiger partial charge in [0.25, 0.3) is 0 Å². The van der Waals surface area contributed by atoms with Crippen molar-refractivity contribution in [1.29, 1.82) is 0 Å². The first-order chi connectivity index (χ1) is 9.60. The minimum absolute atomic E-state index is 0.0928. The van der Waals surface area contributed by atoms with Crippen molar-refractivity contribution < 1.29 is 14.3 Å². The van der Waals surface area contributed by atoms with Gasteiger partial charge in [-0.15, -0.1) is 0 Å². The molecule has 0 aromatic heterocycles. The number of hydrogen-bond acceptors (Lipinski definition) is 3. The summed E-state index contributed by atoms with van der Waals surface area (Å²) < 4.78 is 4.86. The molecule has 0 fully saturated rings. The van der Waals surface area contributed by atoms with Crippen LogP contribution in [0.25, 0.3) is 0 Å². The number of amides is 1. The molecule has 1 unspecified atom stereocenters. The molecule has 0 aliphatic rings. The molecule has 0 saturated carbocycles. The van der Waals surface area contributed by atoms with Gasteiger partial charge in [0.2, 0.25) is 5.91 Å². The molecule has 1 aromatic carbocycles. The number of methoxy groups -OCH3 is 1. The Morgan fingerprint density at radius 2 is 1.90 bits per heavy atom. The summed E-state index contributed by atoms with van der Waals surface area (Å²) in [4.78, 5) is 25.4. The molecule has 0 radical (unpaired) electrons. The number of benzene rings is 1. The molecule has 20 heavy (non-hydrogen) atoms. The van der Waals surface area contributed by atoms with Crippen LogP contribution in [0.1, 0.15) is 32.3 Å². The van der Waals surface area contributed by atoms with Crippen molar-refractivity contribution in [2.45, 2.75) is 39.2 Å². The molecule has 0 aliphatic heterocycles. The van der Waals surface area contributed by atoms with Crippen molar-refractivity contribution in [2.75, 3.05) is 13.7 Å². The van der Waals surface area contributed by atoms with E-state index in [-0.39, 0.29) is 11.9 Å². The second kappa shape index (κ2) is 8.35. The van der Waals surface area contributed by atoms with Gasteiger partial charge in [0, 0.05) is 19.9 Å². The second-order valence-electron chi connectivity index (χ2n) is 4.79. The Morgan fingerprint density at radius 1 is 1.25 bits per heavy atom. The lowest BCUT2D eigenvalue weighted by Crippen LogP contribution is -2.46. The summed E-state index contributed by atoms with van der Waals surface area (Å²) in [5.74, 6) is -0.454. The molecule has 0 aliphatic carbocycles. The summed E-state index contributed by atoms with van der Waals surface area (Å²) in [6.07, 6.45) is 2.34. The van der Waals surface area contributed by atoms with Crippen molar-refractivity contribution in [3.8, 4) is 0 Å². The Balaban J connectivity index is 2.91. The van der Waals surface area contributed by atoms with Gasteiger partial charge in [0.1, 0.15) is 6.04 Å². The van der Waals surface area contributed by atoms with E-state index in [9.17, 15) is 9.59 Å². The summed E-state index contributed by atoms with van der Waals surface area (Å²) >= 11 is 0. The fraction of sp³-hybridized carbons (Fsp3) is 0.500. The molecule has 0 N–H and O–H groups in total. The summed E-state index contributed by atoms with van der Waals surface area (Å²) in [7, 11) is 1.36. The fourth-order valence-electron chi connectivity index (χ4n) is 2.16. The molecule has 4 heteroatoms. The van der Waals surface area contributed by atoms with Gasteiger partial charge < -0.3 is 9.64 Å². The van der Waals surface area contributed by atoms with E-state index >= 15 is 0 Å². The molecule has 0 saturated heterocycles. The number of rotatable bonds is 7. The van der Waals surface area contributed by atoms with E-state index in [1.54, 1.807) is 4.90 Å². The van der Waals surface area contributed by atoms with Crippen molar-refractivity contribution in [2.24, 2.45) is 0 Å². The molecular formula is C16H23NO3. The number of unbranched alkanes of at least 4 members (excludes halogenated alkanes) is 1. The van der Waals surface area contributed by atoms with E-state index in [1.807, 2.05) is 30.3 Å². The van der Waals surface area contributed by atoms with Crippen LogP contribution in [0.15, 0.2) is 30.3 Å². The van der Waals surface area contributed by atoms with Crippen LogP contribution >= 0.6 is 0 Å². The van der Waals surface area contributed by atoms with Crippen LogP contribution in [-0.4, -0.2) is 36.5 Å². The van der Waals surface area contributed by atoms with Gasteiger partial charge in [-0.05, 0) is 12.0 Å². The molecule has 1 amide bonds. The third kappa shape index (κ3) is 4.68. The Bertz CT molecular complexity index is 431. The average molecular weight is 277 g/mol. The fourth-order valence-corrected chi connectivity index (χ4v) is 2.16. The van der Waals surface area contributed by atoms with Crippen LogP contribution in [-0.2, 0) is 20.7 Å². The number of carbonyl (C=O) groups is 2. The van der Waals surface area contributed by atoms with Crippen molar-refractivity contribution >= 4 is 11.9 Å². The van der Waals surface area contributed by atoms with Crippen LogP contribution in [0.3, 0.4) is 0 Å². The topological polar surface area (TPSA) is 46.6 Å². The van der Waals surface area contributed by atoms with E-state index < -0.39 is 6.04 Å². The smallest absolute Gasteiger partial charge is 0.328 e. The van der Waals surface area contributed by atoms with E-state index in [2.05, 4.69) is 6.92 Å². The summed E-state index contributed by atoms with van der Waals surface area (Å²) in [6, 6.07) is 9.13. The van der Waals surface area contributed by atoms with Gasteiger partial charge in [-0.25, -0.2) is 4.79 Å². The summed E-state index contributed by atoms with van der Waals surface area (Å²) in [5.41, 5.74) is 1.02. The van der Waals surface area contributed by atoms with Gasteiger partial charge in [-0.3, -0.25) is 4.79 Å². The SMILES string of the molecule is CCCCN(C(C)=O)C(Cc1ccccc1)C(=O)OC. The molecule has 1 aromatic rings. The van der Waals surface area contributed by atoms with Crippen molar-refractivity contribution in [3.05, 3.63) is 35.9 Å². The van der Waals surface area contributed by atoms with Crippen LogP contribution in [0.2, 0.25) is 0 Å². The molecule has 0 heterocycles. The highest BCUT2D eigenvalue weighted by Gasteiger charge is 2.28. The number of nitrogens with zero attached hydrogens (tertiary/aromatic N) is 1. The Labute approximate surface area is 120 Å². The minimum atomic E-state index is -0.550.